The van der Waals surface area contributed by atoms with Crippen molar-refractivity contribution >= 4 is 0 Å². The van der Waals surface area contributed by atoms with E-state index < -0.39 is 0 Å². The van der Waals surface area contributed by atoms with Crippen molar-refractivity contribution in [3.8, 4) is 0 Å². The van der Waals surface area contributed by atoms with E-state index in [4.69, 9.17) is 0 Å². The highest BCUT2D eigenvalue weighted by atomic mass is 16.3. The third kappa shape index (κ3) is 2.28. The van der Waals surface area contributed by atoms with E-state index in [2.05, 4.69) is 10.00 Å². The molecule has 90 valence electrons. The van der Waals surface area contributed by atoms with Crippen molar-refractivity contribution in [3.05, 3.63) is 18.5 Å². The van der Waals surface area contributed by atoms with Crippen LogP contribution >= 0.6 is 0 Å². The molecule has 0 aliphatic carbocycles. The molecule has 2 saturated heterocycles. The minimum Gasteiger partial charge on any atom is -0.394 e. The largest absolute Gasteiger partial charge is 0.394 e. The van der Waals surface area contributed by atoms with Crippen LogP contribution in [0.5, 0.6) is 0 Å². The van der Waals surface area contributed by atoms with Gasteiger partial charge in [0.1, 0.15) is 0 Å². The summed E-state index contributed by atoms with van der Waals surface area (Å²) in [6, 6.07) is 1.89. The smallest absolute Gasteiger partial charge is 0.0615 e. The van der Waals surface area contributed by atoms with Gasteiger partial charge in [-0.1, -0.05) is 0 Å². The lowest BCUT2D eigenvalue weighted by Crippen LogP contribution is -2.41. The summed E-state index contributed by atoms with van der Waals surface area (Å²) >= 11 is 0. The molecular formula is C12H21N3O. The molecule has 0 saturated carbocycles. The molecule has 3 rings (SSSR count). The monoisotopic (exact) mass is 223 g/mol. The quantitative estimate of drug-likeness (QED) is 0.773. The second-order valence-electron chi connectivity index (χ2n) is 4.76. The Bertz CT molecular complexity index is 300. The van der Waals surface area contributed by atoms with E-state index in [1.807, 2.05) is 19.3 Å². The summed E-state index contributed by atoms with van der Waals surface area (Å²) in [5.74, 6) is 0. The number of hydrogen-bond donors (Lipinski definition) is 1. The molecule has 0 amide bonds. The lowest BCUT2D eigenvalue weighted by Gasteiger charge is -2.29. The molecule has 0 atom stereocenters. The Morgan fingerprint density at radius 1 is 1.31 bits per heavy atom. The van der Waals surface area contributed by atoms with E-state index >= 15 is 0 Å². The van der Waals surface area contributed by atoms with E-state index in [9.17, 15) is 5.11 Å². The minimum absolute atomic E-state index is 0.236. The highest BCUT2D eigenvalue weighted by Crippen LogP contribution is 2.37. The van der Waals surface area contributed by atoms with Gasteiger partial charge >= 0.3 is 0 Å². The molecule has 4 heteroatoms. The molecule has 1 N–H and O–H groups in total. The third-order valence-corrected chi connectivity index (χ3v) is 3.74. The van der Waals surface area contributed by atoms with E-state index in [0.717, 1.165) is 0 Å². The SMILES string of the molecule is Cn1cccn1.OCC12CCCN1CCC2. The molecule has 3 heterocycles. The third-order valence-electron chi connectivity index (χ3n) is 3.74. The van der Waals surface area contributed by atoms with Crippen molar-refractivity contribution in [1.29, 1.82) is 0 Å². The number of rotatable bonds is 1. The maximum Gasteiger partial charge on any atom is 0.0615 e. The summed E-state index contributed by atoms with van der Waals surface area (Å²) in [5, 5.41) is 13.0. The van der Waals surface area contributed by atoms with Gasteiger partial charge in [-0.15, -0.1) is 0 Å². The fourth-order valence-corrected chi connectivity index (χ4v) is 2.83. The van der Waals surface area contributed by atoms with E-state index in [0.29, 0.717) is 6.61 Å². The molecule has 4 nitrogen and oxygen atoms in total. The van der Waals surface area contributed by atoms with Crippen LogP contribution in [-0.4, -0.2) is 45.0 Å². The number of aromatic nitrogens is 2. The lowest BCUT2D eigenvalue weighted by atomic mass is 9.96. The molecule has 2 aliphatic heterocycles. The fraction of sp³-hybridized carbons (Fsp3) is 0.750. The molecule has 0 radical (unpaired) electrons. The van der Waals surface area contributed by atoms with Crippen LogP contribution in [0.1, 0.15) is 25.7 Å². The van der Waals surface area contributed by atoms with Crippen LogP contribution < -0.4 is 0 Å². The molecular weight excluding hydrogens is 202 g/mol. The summed E-state index contributed by atoms with van der Waals surface area (Å²) in [6.07, 6.45) is 8.67. The summed E-state index contributed by atoms with van der Waals surface area (Å²) < 4.78 is 1.75. The normalized spacial score (nSPS) is 22.6. The first-order valence-corrected chi connectivity index (χ1v) is 6.06. The van der Waals surface area contributed by atoms with Crippen molar-refractivity contribution < 1.29 is 5.11 Å². The van der Waals surface area contributed by atoms with Crippen LogP contribution in [0, 0.1) is 0 Å². The van der Waals surface area contributed by atoms with Gasteiger partial charge in [-0.25, -0.2) is 0 Å². The summed E-state index contributed by atoms with van der Waals surface area (Å²) in [6.45, 7) is 2.83. The molecule has 16 heavy (non-hydrogen) atoms. The Morgan fingerprint density at radius 2 is 2.00 bits per heavy atom. The van der Waals surface area contributed by atoms with Gasteiger partial charge in [-0.05, 0) is 44.8 Å². The molecule has 1 aromatic rings. The number of aliphatic hydroxyl groups is 1. The summed E-state index contributed by atoms with van der Waals surface area (Å²) in [4.78, 5) is 2.47. The van der Waals surface area contributed by atoms with Crippen LogP contribution in [-0.2, 0) is 7.05 Å². The van der Waals surface area contributed by atoms with Crippen LogP contribution in [0.3, 0.4) is 0 Å². The van der Waals surface area contributed by atoms with Gasteiger partial charge in [0.05, 0.1) is 6.61 Å². The first-order chi connectivity index (χ1) is 7.77. The molecule has 0 bridgehead atoms. The molecule has 0 aromatic carbocycles. The number of aryl methyl sites for hydroxylation is 1. The van der Waals surface area contributed by atoms with E-state index in [1.54, 1.807) is 10.9 Å². The Balaban J connectivity index is 0.000000138. The van der Waals surface area contributed by atoms with Crippen molar-refractivity contribution in [1.82, 2.24) is 14.7 Å². The van der Waals surface area contributed by atoms with Gasteiger partial charge in [0.15, 0.2) is 0 Å². The van der Waals surface area contributed by atoms with Crippen molar-refractivity contribution in [3.63, 3.8) is 0 Å². The van der Waals surface area contributed by atoms with Crippen LogP contribution in [0.25, 0.3) is 0 Å². The zero-order chi connectivity index (χ0) is 11.4. The van der Waals surface area contributed by atoms with Gasteiger partial charge in [0.25, 0.3) is 0 Å². The molecule has 2 aliphatic rings. The van der Waals surface area contributed by atoms with E-state index in [-0.39, 0.29) is 5.54 Å². The Labute approximate surface area is 96.9 Å². The zero-order valence-electron chi connectivity index (χ0n) is 9.97. The maximum absolute atomic E-state index is 9.19. The standard InChI is InChI=1S/C8H15NO.C4H6N2/c10-7-8-3-1-5-9(8)6-2-4-8;1-6-4-2-3-5-6/h10H,1-7H2;2-4H,1H3. The number of nitrogens with zero attached hydrogens (tertiary/aromatic N) is 3. The number of aliphatic hydroxyl groups excluding tert-OH is 1. The molecule has 0 unspecified atom stereocenters. The topological polar surface area (TPSA) is 41.3 Å². The molecule has 1 aromatic heterocycles. The lowest BCUT2D eigenvalue weighted by molar-refractivity contribution is 0.0999. The predicted octanol–water partition coefficient (Wildman–Crippen LogP) is 1.03. The summed E-state index contributed by atoms with van der Waals surface area (Å²) in [5.41, 5.74) is 0.236. The highest BCUT2D eigenvalue weighted by molar-refractivity contribution is 4.99. The Morgan fingerprint density at radius 3 is 2.31 bits per heavy atom. The van der Waals surface area contributed by atoms with E-state index in [1.165, 1.54) is 38.8 Å². The van der Waals surface area contributed by atoms with Crippen LogP contribution in [0.2, 0.25) is 0 Å². The van der Waals surface area contributed by atoms with Gasteiger partial charge in [0.2, 0.25) is 0 Å². The minimum atomic E-state index is 0.236. The zero-order valence-corrected chi connectivity index (χ0v) is 9.97. The fourth-order valence-electron chi connectivity index (χ4n) is 2.83. The highest BCUT2D eigenvalue weighted by Gasteiger charge is 2.43. The van der Waals surface area contributed by atoms with Crippen molar-refractivity contribution in [2.24, 2.45) is 7.05 Å². The van der Waals surface area contributed by atoms with Gasteiger partial charge in [-0.3, -0.25) is 9.58 Å². The molecule has 0 spiro atoms. The average molecular weight is 223 g/mol. The summed E-state index contributed by atoms with van der Waals surface area (Å²) in [7, 11) is 1.89. The second-order valence-corrected chi connectivity index (χ2v) is 4.76. The second kappa shape index (κ2) is 4.97. The van der Waals surface area contributed by atoms with Crippen LogP contribution in [0.15, 0.2) is 18.5 Å². The predicted molar refractivity (Wildman–Crippen MR) is 63.1 cm³/mol. The van der Waals surface area contributed by atoms with Crippen LogP contribution in [0.4, 0.5) is 0 Å². The Hall–Kier alpha value is -0.870. The van der Waals surface area contributed by atoms with Gasteiger partial charge in [-0.2, -0.15) is 5.10 Å². The first-order valence-electron chi connectivity index (χ1n) is 6.06. The average Bonchev–Trinajstić information content (AvgIpc) is 2.93. The number of hydrogen-bond acceptors (Lipinski definition) is 3. The van der Waals surface area contributed by atoms with Crippen molar-refractivity contribution in [2.75, 3.05) is 19.7 Å². The Kier molecular flexibility index (Phi) is 3.61. The first kappa shape index (κ1) is 11.6. The number of fused-ring (bicyclic) bond motifs is 1. The molecule has 2 fully saturated rings. The van der Waals surface area contributed by atoms with Gasteiger partial charge < -0.3 is 5.11 Å². The van der Waals surface area contributed by atoms with Gasteiger partial charge in [0, 0.05) is 25.0 Å². The van der Waals surface area contributed by atoms with Crippen molar-refractivity contribution in [2.45, 2.75) is 31.2 Å². The maximum atomic E-state index is 9.19.